The predicted octanol–water partition coefficient (Wildman–Crippen LogP) is 0.893. The molecule has 1 aromatic carbocycles. The van der Waals surface area contributed by atoms with Crippen molar-refractivity contribution in [3.05, 3.63) is 68.5 Å². The number of hydrogen-bond acceptors (Lipinski definition) is 6. The molecule has 0 saturated carbocycles. The topological polar surface area (TPSA) is 120 Å². The van der Waals surface area contributed by atoms with Gasteiger partial charge in [-0.25, -0.2) is 9.59 Å². The summed E-state index contributed by atoms with van der Waals surface area (Å²) in [5.41, 5.74) is -1.95. The summed E-state index contributed by atoms with van der Waals surface area (Å²) in [4.78, 5) is 49.9. The smallest absolute Gasteiger partial charge is 0.408 e. The van der Waals surface area contributed by atoms with Gasteiger partial charge in [0.25, 0.3) is 11.5 Å². The number of hydrogen-bond donors (Lipinski definition) is 2. The van der Waals surface area contributed by atoms with E-state index in [1.807, 2.05) is 0 Å². The number of rotatable bonds is 5. The van der Waals surface area contributed by atoms with Crippen LogP contribution in [-0.4, -0.2) is 44.5 Å². The minimum absolute atomic E-state index is 0.155. The van der Waals surface area contributed by atoms with Gasteiger partial charge in [0.2, 0.25) is 0 Å². The summed E-state index contributed by atoms with van der Waals surface area (Å²) in [6.45, 7) is 5.93. The van der Waals surface area contributed by atoms with E-state index in [0.29, 0.717) is 4.57 Å². The van der Waals surface area contributed by atoms with Crippen molar-refractivity contribution in [3.8, 4) is 0 Å². The summed E-state index contributed by atoms with van der Waals surface area (Å²) in [5.74, 6) is -0.751. The fourth-order valence-corrected chi connectivity index (χ4v) is 2.62. The van der Waals surface area contributed by atoms with Crippen LogP contribution in [0, 0.1) is 6.92 Å². The van der Waals surface area contributed by atoms with Crippen LogP contribution in [0.2, 0.25) is 0 Å². The largest absolute Gasteiger partial charge is 0.444 e. The van der Waals surface area contributed by atoms with Crippen molar-refractivity contribution in [2.75, 3.05) is 6.61 Å². The highest BCUT2D eigenvalue weighted by Gasteiger charge is 2.22. The summed E-state index contributed by atoms with van der Waals surface area (Å²) in [5, 5.41) is 12.1. The number of benzene rings is 1. The number of aryl methyl sites for hydroxylation is 1. The normalized spacial score (nSPS) is 12.3. The number of aliphatic hydroxyl groups is 1. The van der Waals surface area contributed by atoms with Crippen LogP contribution >= 0.6 is 0 Å². The lowest BCUT2D eigenvalue weighted by molar-refractivity contribution is 0.0474. The Hall–Kier alpha value is -3.20. The monoisotopic (exact) mass is 403 g/mol. The first-order valence-electron chi connectivity index (χ1n) is 9.06. The number of alkyl carbamates (subject to hydrolysis) is 1. The molecule has 1 aromatic heterocycles. The van der Waals surface area contributed by atoms with E-state index in [9.17, 15) is 24.3 Å². The van der Waals surface area contributed by atoms with E-state index >= 15 is 0 Å². The van der Waals surface area contributed by atoms with Gasteiger partial charge >= 0.3 is 11.8 Å². The fourth-order valence-electron chi connectivity index (χ4n) is 2.62. The minimum atomic E-state index is -0.862. The average molecular weight is 403 g/mol. The maximum Gasteiger partial charge on any atom is 0.408 e. The molecule has 2 aromatic rings. The van der Waals surface area contributed by atoms with E-state index < -0.39 is 41.5 Å². The number of amides is 1. The fraction of sp³-hybridized carbons (Fsp3) is 0.400. The lowest BCUT2D eigenvalue weighted by atomic mass is 10.2. The molecule has 0 aliphatic heterocycles. The molecule has 2 N–H and O–H groups in total. The first-order valence-corrected chi connectivity index (χ1v) is 9.06. The molecule has 0 fully saturated rings. The van der Waals surface area contributed by atoms with Crippen LogP contribution in [0.15, 0.2) is 46.1 Å². The van der Waals surface area contributed by atoms with Crippen molar-refractivity contribution in [1.29, 1.82) is 0 Å². The zero-order chi connectivity index (χ0) is 21.8. The number of nitrogens with zero attached hydrogens (tertiary/aromatic N) is 2. The van der Waals surface area contributed by atoms with Gasteiger partial charge < -0.3 is 15.2 Å². The second-order valence-electron chi connectivity index (χ2n) is 7.58. The van der Waals surface area contributed by atoms with E-state index in [2.05, 4.69) is 5.32 Å². The molecule has 1 atom stereocenters. The molecule has 9 heteroatoms. The van der Waals surface area contributed by atoms with Crippen molar-refractivity contribution in [3.63, 3.8) is 0 Å². The molecule has 0 aliphatic carbocycles. The Morgan fingerprint density at radius 2 is 1.79 bits per heavy atom. The average Bonchev–Trinajstić information content (AvgIpc) is 2.64. The van der Waals surface area contributed by atoms with E-state index in [0.717, 1.165) is 4.57 Å². The molecular weight excluding hydrogens is 378 g/mol. The molecule has 0 radical (unpaired) electrons. The van der Waals surface area contributed by atoms with Crippen LogP contribution in [-0.2, 0) is 11.3 Å². The molecule has 2 rings (SSSR count). The Morgan fingerprint density at radius 3 is 2.34 bits per heavy atom. The first-order chi connectivity index (χ1) is 13.5. The van der Waals surface area contributed by atoms with Crippen molar-refractivity contribution in [2.24, 2.45) is 0 Å². The standard InChI is InChI=1S/C20H25N3O6/c1-13-10-22(11-15(12-24)21-18(27)29-20(2,3)4)19(28)23(16(13)25)17(26)14-8-6-5-7-9-14/h5-10,15,24H,11-12H2,1-4H3,(H,21,27)/t15-/m1/s1. The van der Waals surface area contributed by atoms with Crippen molar-refractivity contribution in [2.45, 2.75) is 45.9 Å². The summed E-state index contributed by atoms with van der Waals surface area (Å²) >= 11 is 0. The van der Waals surface area contributed by atoms with Crippen LogP contribution in [0.5, 0.6) is 0 Å². The molecule has 0 bridgehead atoms. The molecule has 9 nitrogen and oxygen atoms in total. The summed E-state index contributed by atoms with van der Waals surface area (Å²) in [6, 6.07) is 7.10. The summed E-state index contributed by atoms with van der Waals surface area (Å²) in [7, 11) is 0. The van der Waals surface area contributed by atoms with E-state index in [4.69, 9.17) is 4.74 Å². The van der Waals surface area contributed by atoms with Gasteiger partial charge in [0.05, 0.1) is 12.6 Å². The van der Waals surface area contributed by atoms with Gasteiger partial charge in [0.15, 0.2) is 0 Å². The first kappa shape index (κ1) is 22.1. The summed E-state index contributed by atoms with van der Waals surface area (Å²) in [6.07, 6.45) is 0.536. The molecule has 0 saturated heterocycles. The molecule has 156 valence electrons. The third-order valence-corrected chi connectivity index (χ3v) is 3.91. The van der Waals surface area contributed by atoms with Gasteiger partial charge in [0.1, 0.15) is 5.60 Å². The Balaban J connectivity index is 2.35. The molecule has 0 spiro atoms. The Bertz CT molecular complexity index is 1000. The Kier molecular flexibility index (Phi) is 6.76. The molecule has 0 aliphatic rings. The van der Waals surface area contributed by atoms with Gasteiger partial charge in [-0.1, -0.05) is 18.2 Å². The number of nitrogens with one attached hydrogen (secondary N) is 1. The zero-order valence-corrected chi connectivity index (χ0v) is 16.8. The third kappa shape index (κ3) is 5.64. The van der Waals surface area contributed by atoms with Crippen LogP contribution in [0.1, 0.15) is 36.7 Å². The van der Waals surface area contributed by atoms with Gasteiger partial charge in [0, 0.05) is 23.9 Å². The second kappa shape index (κ2) is 8.87. The van der Waals surface area contributed by atoms with E-state index in [-0.39, 0.29) is 17.7 Å². The predicted molar refractivity (Wildman–Crippen MR) is 106 cm³/mol. The van der Waals surface area contributed by atoms with Crippen LogP contribution < -0.4 is 16.6 Å². The zero-order valence-electron chi connectivity index (χ0n) is 16.8. The number of carbonyl (C=O) groups excluding carboxylic acids is 2. The van der Waals surface area contributed by atoms with Crippen LogP contribution in [0.3, 0.4) is 0 Å². The highest BCUT2D eigenvalue weighted by Crippen LogP contribution is 2.07. The van der Waals surface area contributed by atoms with Crippen molar-refractivity contribution < 1.29 is 19.4 Å². The number of aromatic nitrogens is 2. The Labute approximate surface area is 167 Å². The molecule has 0 unspecified atom stereocenters. The Morgan fingerprint density at radius 1 is 1.17 bits per heavy atom. The highest BCUT2D eigenvalue weighted by atomic mass is 16.6. The van der Waals surface area contributed by atoms with Gasteiger partial charge in [-0.05, 0) is 39.8 Å². The second-order valence-corrected chi connectivity index (χ2v) is 7.58. The lowest BCUT2D eigenvalue weighted by Gasteiger charge is -2.23. The van der Waals surface area contributed by atoms with Gasteiger partial charge in [-0.3, -0.25) is 14.2 Å². The van der Waals surface area contributed by atoms with Crippen molar-refractivity contribution in [1.82, 2.24) is 14.5 Å². The highest BCUT2D eigenvalue weighted by molar-refractivity contribution is 5.95. The SMILES string of the molecule is Cc1cn(C[C@H](CO)NC(=O)OC(C)(C)C)c(=O)n(C(=O)c2ccccc2)c1=O. The van der Waals surface area contributed by atoms with Crippen LogP contribution in [0.25, 0.3) is 0 Å². The summed E-state index contributed by atoms with van der Waals surface area (Å²) < 4.78 is 6.80. The number of aliphatic hydroxyl groups excluding tert-OH is 1. The van der Waals surface area contributed by atoms with Crippen molar-refractivity contribution >= 4 is 12.0 Å². The molecular formula is C20H25N3O6. The van der Waals surface area contributed by atoms with Gasteiger partial charge in [-0.15, -0.1) is 0 Å². The molecule has 1 amide bonds. The lowest BCUT2D eigenvalue weighted by Crippen LogP contribution is -2.49. The third-order valence-electron chi connectivity index (χ3n) is 3.91. The molecule has 1 heterocycles. The maximum atomic E-state index is 12.8. The molecule has 29 heavy (non-hydrogen) atoms. The minimum Gasteiger partial charge on any atom is -0.444 e. The van der Waals surface area contributed by atoms with E-state index in [1.54, 1.807) is 39.0 Å². The quantitative estimate of drug-likeness (QED) is 0.765. The van der Waals surface area contributed by atoms with Crippen LogP contribution in [0.4, 0.5) is 4.79 Å². The maximum absolute atomic E-state index is 12.8. The number of ether oxygens (including phenoxy) is 1. The number of carbonyl (C=O) groups is 2. The van der Waals surface area contributed by atoms with E-state index in [1.165, 1.54) is 25.3 Å². The van der Waals surface area contributed by atoms with Gasteiger partial charge in [-0.2, -0.15) is 4.57 Å².